The molecule has 1 atom stereocenters. The van der Waals surface area contributed by atoms with E-state index in [0.29, 0.717) is 24.1 Å². The maximum atomic E-state index is 10.6. The molecule has 7 nitrogen and oxygen atoms in total. The van der Waals surface area contributed by atoms with Gasteiger partial charge in [-0.3, -0.25) is 0 Å². The van der Waals surface area contributed by atoms with Crippen LogP contribution in [-0.4, -0.2) is 74.9 Å². The summed E-state index contributed by atoms with van der Waals surface area (Å²) >= 11 is 0. The number of nitrogens with zero attached hydrogens (tertiary/aromatic N) is 1. The predicted molar refractivity (Wildman–Crippen MR) is 65.0 cm³/mol. The summed E-state index contributed by atoms with van der Waals surface area (Å²) in [6.07, 6.45) is -0.818. The van der Waals surface area contributed by atoms with E-state index < -0.39 is 16.4 Å². The molecule has 1 unspecified atom stereocenters. The first-order chi connectivity index (χ1) is 7.39. The van der Waals surface area contributed by atoms with Crippen LogP contribution in [0.2, 0.25) is 0 Å². The molecule has 1 fully saturated rings. The van der Waals surface area contributed by atoms with Gasteiger partial charge in [0, 0.05) is 13.6 Å². The zero-order valence-corrected chi connectivity index (χ0v) is 12.2. The van der Waals surface area contributed by atoms with Crippen molar-refractivity contribution in [3.05, 3.63) is 0 Å². The Labute approximate surface area is 112 Å². The molecule has 0 saturated carbocycles. The second-order valence-corrected chi connectivity index (χ2v) is 5.44. The summed E-state index contributed by atoms with van der Waals surface area (Å²) < 4.78 is 37.6. The molecule has 1 aliphatic heterocycles. The van der Waals surface area contributed by atoms with E-state index in [4.69, 9.17) is 4.74 Å². The molecule has 9 heteroatoms. The molecular weight excluding hydrogens is 316 g/mol. The Morgan fingerprint density at radius 3 is 2.47 bits per heavy atom. The number of hydrogen-bond acceptors (Lipinski definition) is 5. The van der Waals surface area contributed by atoms with Crippen molar-refractivity contribution >= 4 is 27.3 Å². The molecule has 17 heavy (non-hydrogen) atoms. The Morgan fingerprint density at radius 2 is 2.00 bits per heavy atom. The lowest BCUT2D eigenvalue weighted by atomic mass is 10.3. The normalized spacial score (nSPS) is 20.0. The molecule has 1 aliphatic rings. The van der Waals surface area contributed by atoms with E-state index >= 15 is 0 Å². The van der Waals surface area contributed by atoms with Gasteiger partial charge in [-0.2, -0.15) is 0 Å². The number of ether oxygens (including phenoxy) is 1. The highest BCUT2D eigenvalue weighted by Crippen LogP contribution is 1.94. The van der Waals surface area contributed by atoms with Gasteiger partial charge in [0.25, 0.3) is 0 Å². The third kappa shape index (κ3) is 6.65. The molecule has 1 heterocycles. The number of morpholine rings is 1. The van der Waals surface area contributed by atoms with Crippen molar-refractivity contribution in [2.45, 2.75) is 6.10 Å². The standard InChI is InChI=1S/C8H18N2O5S.BrH/c1-9(16(12,13)14)6-8(11)7-10-2-4-15-5-3-10;/h8,11H,2-7H2,1H3,(H,12,13,14);1H. The van der Waals surface area contributed by atoms with E-state index in [1.807, 2.05) is 0 Å². The molecule has 0 amide bonds. The first kappa shape index (κ1) is 17.2. The fraction of sp³-hybridized carbons (Fsp3) is 1.00. The van der Waals surface area contributed by atoms with Crippen LogP contribution in [0, 0.1) is 0 Å². The van der Waals surface area contributed by atoms with Gasteiger partial charge < -0.3 is 19.3 Å². The Balaban J connectivity index is 0.00000256. The summed E-state index contributed by atoms with van der Waals surface area (Å²) in [5.74, 6) is 0. The summed E-state index contributed by atoms with van der Waals surface area (Å²) in [7, 11) is -3.28. The quantitative estimate of drug-likeness (QED) is 0.531. The summed E-state index contributed by atoms with van der Waals surface area (Å²) in [6.45, 7) is 3.17. The van der Waals surface area contributed by atoms with E-state index in [1.165, 1.54) is 7.05 Å². The third-order valence-electron chi connectivity index (χ3n) is 2.57. The zero-order valence-electron chi connectivity index (χ0n) is 9.66. The monoisotopic (exact) mass is 334 g/mol. The summed E-state index contributed by atoms with van der Waals surface area (Å²) in [5.41, 5.74) is 0. The van der Waals surface area contributed by atoms with Crippen molar-refractivity contribution in [1.82, 2.24) is 4.31 Å². The van der Waals surface area contributed by atoms with Crippen LogP contribution in [0.5, 0.6) is 0 Å². The van der Waals surface area contributed by atoms with Gasteiger partial charge in [0.2, 0.25) is 0 Å². The van der Waals surface area contributed by atoms with Crippen molar-refractivity contribution < 1.29 is 27.7 Å². The Morgan fingerprint density at radius 1 is 1.47 bits per heavy atom. The summed E-state index contributed by atoms with van der Waals surface area (Å²) in [5, 5.41) is 9.63. The number of aliphatic hydroxyl groups is 1. The molecule has 2 N–H and O–H groups in total. The molecule has 0 aromatic carbocycles. The van der Waals surface area contributed by atoms with Crippen molar-refractivity contribution in [3.63, 3.8) is 0 Å². The van der Waals surface area contributed by atoms with Gasteiger partial charge in [-0.05, 0) is 0 Å². The fourth-order valence-electron chi connectivity index (χ4n) is 1.65. The third-order valence-corrected chi connectivity index (χ3v) is 3.49. The van der Waals surface area contributed by atoms with Crippen LogP contribution in [0.15, 0.2) is 0 Å². The number of hydrogen-bond donors (Lipinski definition) is 2. The van der Waals surface area contributed by atoms with Crippen molar-refractivity contribution in [2.24, 2.45) is 0 Å². The number of nitrogens with one attached hydrogen (secondary N) is 1. The van der Waals surface area contributed by atoms with Crippen LogP contribution in [0.4, 0.5) is 0 Å². The second-order valence-electron chi connectivity index (χ2n) is 3.96. The van der Waals surface area contributed by atoms with Crippen LogP contribution >= 0.6 is 17.0 Å². The molecule has 0 bridgehead atoms. The topological polar surface area (TPSA) is 94.3 Å². The molecule has 0 aromatic heterocycles. The smallest absolute Gasteiger partial charge is 0.161 e. The van der Waals surface area contributed by atoms with E-state index in [-0.39, 0.29) is 23.5 Å². The van der Waals surface area contributed by atoms with Crippen LogP contribution < -0.4 is 4.90 Å². The number of halogens is 1. The fourth-order valence-corrected chi connectivity index (χ4v) is 2.00. The average molecular weight is 335 g/mol. The molecule has 1 saturated heterocycles. The SMILES string of the molecule is Br.CN(CC(O)C[NH+]1CCOCC1)S(=O)(=O)[O-]. The number of quaternary nitrogens is 1. The molecule has 0 radical (unpaired) electrons. The molecule has 104 valence electrons. The maximum Gasteiger partial charge on any atom is 0.161 e. The number of likely N-dealkylation sites (N-methyl/N-ethyl adjacent to an activating group) is 1. The van der Waals surface area contributed by atoms with E-state index in [0.717, 1.165) is 18.0 Å². The van der Waals surface area contributed by atoms with Gasteiger partial charge in [-0.1, -0.05) is 0 Å². The van der Waals surface area contributed by atoms with Crippen LogP contribution in [0.25, 0.3) is 0 Å². The van der Waals surface area contributed by atoms with Crippen molar-refractivity contribution in [1.29, 1.82) is 0 Å². The van der Waals surface area contributed by atoms with Gasteiger partial charge in [0.1, 0.15) is 25.7 Å². The summed E-state index contributed by atoms with van der Waals surface area (Å²) in [4.78, 5) is 1.16. The number of rotatable bonds is 5. The van der Waals surface area contributed by atoms with Crippen LogP contribution in [0.1, 0.15) is 0 Å². The van der Waals surface area contributed by atoms with E-state index in [1.54, 1.807) is 0 Å². The first-order valence-electron chi connectivity index (χ1n) is 5.16. The van der Waals surface area contributed by atoms with Gasteiger partial charge in [-0.15, -0.1) is 17.0 Å². The summed E-state index contributed by atoms with van der Waals surface area (Å²) in [6, 6.07) is 0. The van der Waals surface area contributed by atoms with Crippen molar-refractivity contribution in [2.75, 3.05) is 46.4 Å². The minimum absolute atomic E-state index is 0. The Kier molecular flexibility index (Phi) is 7.72. The second kappa shape index (κ2) is 7.62. The Hall–Kier alpha value is 0.230. The molecule has 0 aromatic rings. The highest BCUT2D eigenvalue weighted by Gasteiger charge is 2.20. The van der Waals surface area contributed by atoms with E-state index in [2.05, 4.69) is 0 Å². The average Bonchev–Trinajstić information content (AvgIpc) is 2.17. The highest BCUT2D eigenvalue weighted by atomic mass is 79.9. The van der Waals surface area contributed by atoms with Gasteiger partial charge in [0.05, 0.1) is 13.2 Å². The molecule has 0 spiro atoms. The largest absolute Gasteiger partial charge is 0.735 e. The minimum Gasteiger partial charge on any atom is -0.735 e. The molecule has 1 rings (SSSR count). The van der Waals surface area contributed by atoms with Crippen LogP contribution in [-0.2, 0) is 15.0 Å². The van der Waals surface area contributed by atoms with Crippen LogP contribution in [0.3, 0.4) is 0 Å². The van der Waals surface area contributed by atoms with E-state index in [9.17, 15) is 18.1 Å². The molecular formula is C8H19BrN2O5S. The van der Waals surface area contributed by atoms with Crippen molar-refractivity contribution in [3.8, 4) is 0 Å². The number of aliphatic hydroxyl groups excluding tert-OH is 1. The predicted octanol–water partition coefficient (Wildman–Crippen LogP) is -2.77. The van der Waals surface area contributed by atoms with Gasteiger partial charge in [0.15, 0.2) is 10.3 Å². The van der Waals surface area contributed by atoms with Gasteiger partial charge >= 0.3 is 0 Å². The van der Waals surface area contributed by atoms with Gasteiger partial charge in [-0.25, -0.2) is 12.7 Å². The Bertz CT molecular complexity index is 307. The minimum atomic E-state index is -4.45. The lowest BCUT2D eigenvalue weighted by Gasteiger charge is -2.28. The first-order valence-corrected chi connectivity index (χ1v) is 6.52. The maximum absolute atomic E-state index is 10.6. The highest BCUT2D eigenvalue weighted by molar-refractivity contribution is 8.93. The zero-order chi connectivity index (χ0) is 12.2. The molecule has 0 aliphatic carbocycles. The lowest BCUT2D eigenvalue weighted by molar-refractivity contribution is -0.910. The lowest BCUT2D eigenvalue weighted by Crippen LogP contribution is -3.15.